The summed E-state index contributed by atoms with van der Waals surface area (Å²) in [5, 5.41) is 0. The van der Waals surface area contributed by atoms with Crippen LogP contribution >= 0.6 is 11.8 Å². The van der Waals surface area contributed by atoms with Gasteiger partial charge in [0.2, 0.25) is 10.0 Å². The first-order valence-corrected chi connectivity index (χ1v) is 15.0. The van der Waals surface area contributed by atoms with E-state index in [-0.39, 0.29) is 16.7 Å². The number of amides is 1. The fourth-order valence-electron chi connectivity index (χ4n) is 4.64. The number of carbonyl (C=O) groups excluding carboxylic acids is 1. The van der Waals surface area contributed by atoms with Gasteiger partial charge in [-0.3, -0.25) is 4.79 Å². The second-order valence-corrected chi connectivity index (χ2v) is 12.1. The average molecular weight is 519 g/mol. The lowest BCUT2D eigenvalue weighted by Gasteiger charge is -2.23. The number of rotatable bonds is 8. The fourth-order valence-corrected chi connectivity index (χ4v) is 6.46. The molecule has 1 aliphatic heterocycles. The van der Waals surface area contributed by atoms with Crippen molar-refractivity contribution in [3.05, 3.63) is 52.6 Å². The molecule has 0 radical (unpaired) electrons. The van der Waals surface area contributed by atoms with E-state index in [0.717, 1.165) is 53.0 Å². The summed E-state index contributed by atoms with van der Waals surface area (Å²) in [6.07, 6.45) is 6.12. The van der Waals surface area contributed by atoms with E-state index in [1.54, 1.807) is 19.2 Å². The SMILES string of the molecule is COc1cc(C)c([C@@H](C)NS(=O)(=O)c2ccc(SC)c(C(=O)N3CCCCCC3)c2)cc1C(C)C. The van der Waals surface area contributed by atoms with Gasteiger partial charge in [0.1, 0.15) is 5.75 Å². The third-order valence-corrected chi connectivity index (χ3v) is 8.98. The van der Waals surface area contributed by atoms with E-state index in [4.69, 9.17) is 4.74 Å². The predicted octanol–water partition coefficient (Wildman–Crippen LogP) is 5.90. The molecule has 0 aliphatic carbocycles. The highest BCUT2D eigenvalue weighted by atomic mass is 32.2. The molecule has 3 rings (SSSR count). The van der Waals surface area contributed by atoms with Crippen LogP contribution in [0.1, 0.15) is 85.5 Å². The highest BCUT2D eigenvalue weighted by Crippen LogP contribution is 2.33. The molecule has 192 valence electrons. The molecule has 1 heterocycles. The molecule has 2 aromatic rings. The number of aryl methyl sites for hydroxylation is 1. The predicted molar refractivity (Wildman–Crippen MR) is 143 cm³/mol. The maximum absolute atomic E-state index is 13.4. The maximum atomic E-state index is 13.4. The Bertz CT molecular complexity index is 1150. The van der Waals surface area contributed by atoms with Gasteiger partial charge in [-0.2, -0.15) is 0 Å². The van der Waals surface area contributed by atoms with E-state index in [1.165, 1.54) is 17.8 Å². The smallest absolute Gasteiger partial charge is 0.255 e. The topological polar surface area (TPSA) is 75.7 Å². The first kappa shape index (κ1) is 27.6. The van der Waals surface area contributed by atoms with Gasteiger partial charge >= 0.3 is 0 Å². The first-order chi connectivity index (χ1) is 16.6. The third kappa shape index (κ3) is 6.40. The van der Waals surface area contributed by atoms with E-state index in [0.29, 0.717) is 18.7 Å². The molecule has 1 fully saturated rings. The number of methoxy groups -OCH3 is 1. The quantitative estimate of drug-likeness (QED) is 0.440. The molecular weight excluding hydrogens is 480 g/mol. The number of nitrogens with one attached hydrogen (secondary N) is 1. The van der Waals surface area contributed by atoms with Crippen molar-refractivity contribution >= 4 is 27.7 Å². The summed E-state index contributed by atoms with van der Waals surface area (Å²) in [7, 11) is -2.21. The summed E-state index contributed by atoms with van der Waals surface area (Å²) in [6, 6.07) is 8.39. The van der Waals surface area contributed by atoms with Gasteiger partial charge in [0.25, 0.3) is 5.91 Å². The number of carbonyl (C=O) groups is 1. The van der Waals surface area contributed by atoms with Gasteiger partial charge < -0.3 is 9.64 Å². The Kier molecular flexibility index (Phi) is 9.29. The molecule has 1 saturated heterocycles. The van der Waals surface area contributed by atoms with Crippen LogP contribution in [0.2, 0.25) is 0 Å². The van der Waals surface area contributed by atoms with Crippen LogP contribution in [0.4, 0.5) is 0 Å². The molecule has 0 bridgehead atoms. The lowest BCUT2D eigenvalue weighted by molar-refractivity contribution is 0.0758. The molecule has 6 nitrogen and oxygen atoms in total. The number of nitrogens with zero attached hydrogens (tertiary/aromatic N) is 1. The van der Waals surface area contributed by atoms with Crippen LogP contribution in [0.25, 0.3) is 0 Å². The molecular formula is C27H38N2O4S2. The van der Waals surface area contributed by atoms with Crippen LogP contribution in [-0.2, 0) is 10.0 Å². The number of ether oxygens (including phenoxy) is 1. The molecule has 2 aromatic carbocycles. The first-order valence-electron chi connectivity index (χ1n) is 12.3. The maximum Gasteiger partial charge on any atom is 0.255 e. The van der Waals surface area contributed by atoms with Crippen LogP contribution < -0.4 is 9.46 Å². The van der Waals surface area contributed by atoms with Crippen molar-refractivity contribution in [3.63, 3.8) is 0 Å². The van der Waals surface area contributed by atoms with Crippen molar-refractivity contribution in [2.45, 2.75) is 75.1 Å². The van der Waals surface area contributed by atoms with Crippen molar-refractivity contribution in [2.24, 2.45) is 0 Å². The second-order valence-electron chi connectivity index (χ2n) is 9.52. The van der Waals surface area contributed by atoms with Crippen LogP contribution in [0.3, 0.4) is 0 Å². The largest absolute Gasteiger partial charge is 0.496 e. The number of benzene rings is 2. The van der Waals surface area contributed by atoms with Crippen molar-refractivity contribution in [3.8, 4) is 5.75 Å². The Morgan fingerprint density at radius 1 is 1.03 bits per heavy atom. The van der Waals surface area contributed by atoms with Gasteiger partial charge in [0.15, 0.2) is 0 Å². The molecule has 0 unspecified atom stereocenters. The minimum absolute atomic E-state index is 0.0890. The monoisotopic (exact) mass is 518 g/mol. The third-order valence-electron chi connectivity index (χ3n) is 6.64. The molecule has 0 spiro atoms. The molecule has 1 N–H and O–H groups in total. The Labute approximate surface area is 214 Å². The zero-order valence-corrected chi connectivity index (χ0v) is 23.3. The van der Waals surface area contributed by atoms with Gasteiger partial charge in [-0.05, 0) is 85.9 Å². The van der Waals surface area contributed by atoms with Gasteiger partial charge in [-0.25, -0.2) is 13.1 Å². The number of sulfonamides is 1. The molecule has 1 aliphatic rings. The lowest BCUT2D eigenvalue weighted by atomic mass is 9.94. The minimum Gasteiger partial charge on any atom is -0.496 e. The molecule has 1 amide bonds. The van der Waals surface area contributed by atoms with E-state index in [1.807, 2.05) is 37.1 Å². The van der Waals surface area contributed by atoms with Crippen LogP contribution in [-0.4, -0.2) is 45.7 Å². The van der Waals surface area contributed by atoms with Crippen molar-refractivity contribution in [2.75, 3.05) is 26.5 Å². The van der Waals surface area contributed by atoms with Crippen molar-refractivity contribution in [1.29, 1.82) is 0 Å². The molecule has 1 atom stereocenters. The summed E-state index contributed by atoms with van der Waals surface area (Å²) >= 11 is 1.46. The second kappa shape index (κ2) is 11.8. The number of hydrogen-bond acceptors (Lipinski definition) is 5. The van der Waals surface area contributed by atoms with Crippen LogP contribution in [0, 0.1) is 6.92 Å². The van der Waals surface area contributed by atoms with Crippen LogP contribution in [0.15, 0.2) is 40.1 Å². The summed E-state index contributed by atoms with van der Waals surface area (Å²) in [4.78, 5) is 16.1. The fraction of sp³-hybridized carbons (Fsp3) is 0.519. The number of hydrogen-bond donors (Lipinski definition) is 1. The highest BCUT2D eigenvalue weighted by molar-refractivity contribution is 7.98. The van der Waals surface area contributed by atoms with Gasteiger partial charge in [-0.15, -0.1) is 11.8 Å². The minimum atomic E-state index is -3.85. The molecule has 35 heavy (non-hydrogen) atoms. The summed E-state index contributed by atoms with van der Waals surface area (Å²) < 4.78 is 35.2. The van der Waals surface area contributed by atoms with Gasteiger partial charge in [0, 0.05) is 24.0 Å². The zero-order valence-electron chi connectivity index (χ0n) is 21.7. The van der Waals surface area contributed by atoms with E-state index in [9.17, 15) is 13.2 Å². The Morgan fingerprint density at radius 2 is 1.69 bits per heavy atom. The molecule has 8 heteroatoms. The van der Waals surface area contributed by atoms with Gasteiger partial charge in [-0.1, -0.05) is 26.7 Å². The standard InChI is InChI=1S/C27H38N2O4S2/c1-18(2)22-17-23(19(3)15-25(22)33-5)20(4)28-35(31,32)21-11-12-26(34-6)24(16-21)27(30)29-13-9-7-8-10-14-29/h11-12,15-18,20,28H,7-10,13-14H2,1-6H3/t20-/m1/s1. The van der Waals surface area contributed by atoms with E-state index < -0.39 is 16.1 Å². The summed E-state index contributed by atoms with van der Waals surface area (Å²) in [5.74, 6) is 0.953. The van der Waals surface area contributed by atoms with Gasteiger partial charge in [0.05, 0.1) is 17.6 Å². The number of likely N-dealkylation sites (tertiary alicyclic amines) is 1. The van der Waals surface area contributed by atoms with E-state index in [2.05, 4.69) is 18.6 Å². The Balaban J connectivity index is 1.92. The van der Waals surface area contributed by atoms with E-state index >= 15 is 0 Å². The van der Waals surface area contributed by atoms with Crippen molar-refractivity contribution in [1.82, 2.24) is 9.62 Å². The lowest BCUT2D eigenvalue weighted by Crippen LogP contribution is -2.32. The highest BCUT2D eigenvalue weighted by Gasteiger charge is 2.25. The Hall–Kier alpha value is -2.03. The molecule has 0 aromatic heterocycles. The normalized spacial score (nSPS) is 15.7. The average Bonchev–Trinajstić information content (AvgIpc) is 3.12. The van der Waals surface area contributed by atoms with Crippen LogP contribution in [0.5, 0.6) is 5.75 Å². The summed E-state index contributed by atoms with van der Waals surface area (Å²) in [6.45, 7) is 9.40. The summed E-state index contributed by atoms with van der Waals surface area (Å²) in [5.41, 5.74) is 3.35. The molecule has 0 saturated carbocycles. The number of thioether (sulfide) groups is 1. The van der Waals surface area contributed by atoms with Crippen molar-refractivity contribution < 1.29 is 17.9 Å². The Morgan fingerprint density at radius 3 is 2.26 bits per heavy atom. The zero-order chi connectivity index (χ0) is 25.8.